The molecule has 0 radical (unpaired) electrons. The predicted octanol–water partition coefficient (Wildman–Crippen LogP) is 0.724. The molecule has 144 valence electrons. The zero-order valence-electron chi connectivity index (χ0n) is 15.6. The number of fused-ring (bicyclic) bond motifs is 3. The van der Waals surface area contributed by atoms with E-state index in [1.165, 1.54) is 24.2 Å². The molecule has 2 saturated carbocycles. The van der Waals surface area contributed by atoms with Gasteiger partial charge in [0.15, 0.2) is 0 Å². The Bertz CT molecular complexity index is 1010. The van der Waals surface area contributed by atoms with E-state index >= 15 is 0 Å². The van der Waals surface area contributed by atoms with E-state index in [4.69, 9.17) is 5.73 Å². The standard InChI is InChI=1S/C19H25N5O3/c1-23-16-14(18(26)24(2)19(23)27)8-13(9-21-16)22-17(25)12-6-10-4-3-5-11(7-12)15(10)20/h8-12,15H,3-7,20H2,1-2H3,(H,22,25). The number of carbonyl (C=O) groups is 1. The number of nitrogens with two attached hydrogens (primary N) is 1. The number of carbonyl (C=O) groups excluding carboxylic acids is 1. The van der Waals surface area contributed by atoms with E-state index in [-0.39, 0.29) is 17.9 Å². The maximum absolute atomic E-state index is 12.8. The van der Waals surface area contributed by atoms with Crippen molar-refractivity contribution in [3.05, 3.63) is 33.1 Å². The largest absolute Gasteiger partial charge is 0.332 e. The van der Waals surface area contributed by atoms with Crippen LogP contribution in [0.25, 0.3) is 11.0 Å². The van der Waals surface area contributed by atoms with Gasteiger partial charge in [-0.25, -0.2) is 9.78 Å². The summed E-state index contributed by atoms with van der Waals surface area (Å²) in [5.74, 6) is 0.745. The Balaban J connectivity index is 1.59. The number of rotatable bonds is 2. The molecule has 2 unspecified atom stereocenters. The summed E-state index contributed by atoms with van der Waals surface area (Å²) < 4.78 is 2.37. The Morgan fingerprint density at radius 3 is 2.52 bits per heavy atom. The number of nitrogens with zero attached hydrogens (tertiary/aromatic N) is 3. The number of hydrogen-bond donors (Lipinski definition) is 2. The van der Waals surface area contributed by atoms with E-state index in [1.807, 2.05) is 0 Å². The first-order valence-corrected chi connectivity index (χ1v) is 9.49. The van der Waals surface area contributed by atoms with Gasteiger partial charge in [-0.1, -0.05) is 6.42 Å². The van der Waals surface area contributed by atoms with Crippen LogP contribution in [0, 0.1) is 17.8 Å². The fourth-order valence-electron chi connectivity index (χ4n) is 4.78. The van der Waals surface area contributed by atoms with Crippen molar-refractivity contribution in [3.63, 3.8) is 0 Å². The molecule has 3 N–H and O–H groups in total. The molecule has 0 aromatic carbocycles. The lowest BCUT2D eigenvalue weighted by atomic mass is 9.65. The minimum Gasteiger partial charge on any atom is -0.327 e. The lowest BCUT2D eigenvalue weighted by molar-refractivity contribution is -0.122. The van der Waals surface area contributed by atoms with Gasteiger partial charge in [0, 0.05) is 26.1 Å². The van der Waals surface area contributed by atoms with E-state index in [0.29, 0.717) is 28.6 Å². The molecule has 0 spiro atoms. The maximum Gasteiger partial charge on any atom is 0.332 e. The highest BCUT2D eigenvalue weighted by Crippen LogP contribution is 2.42. The molecule has 0 saturated heterocycles. The summed E-state index contributed by atoms with van der Waals surface area (Å²) in [6, 6.07) is 1.81. The monoisotopic (exact) mass is 371 g/mol. The first-order chi connectivity index (χ1) is 12.9. The SMILES string of the molecule is Cn1c(=O)c2cc(NC(=O)C3CC4CCCC(C3)C4N)cnc2n(C)c1=O. The van der Waals surface area contributed by atoms with Crippen molar-refractivity contribution in [2.75, 3.05) is 5.32 Å². The highest BCUT2D eigenvalue weighted by Gasteiger charge is 2.40. The average molecular weight is 371 g/mol. The summed E-state index contributed by atoms with van der Waals surface area (Å²) in [5, 5.41) is 3.22. The second kappa shape index (κ2) is 6.60. The highest BCUT2D eigenvalue weighted by molar-refractivity contribution is 5.94. The third-order valence-electron chi connectivity index (χ3n) is 6.34. The van der Waals surface area contributed by atoms with Gasteiger partial charge < -0.3 is 11.1 Å². The van der Waals surface area contributed by atoms with Crippen molar-refractivity contribution in [2.24, 2.45) is 37.6 Å². The van der Waals surface area contributed by atoms with E-state index in [0.717, 1.165) is 30.3 Å². The van der Waals surface area contributed by atoms with Gasteiger partial charge >= 0.3 is 5.69 Å². The van der Waals surface area contributed by atoms with Crippen molar-refractivity contribution >= 4 is 22.6 Å². The van der Waals surface area contributed by atoms with Gasteiger partial charge in [-0.3, -0.25) is 18.7 Å². The molecule has 2 aliphatic carbocycles. The topological polar surface area (TPSA) is 112 Å². The first kappa shape index (κ1) is 17.9. The normalized spacial score (nSPS) is 27.5. The fourth-order valence-corrected chi connectivity index (χ4v) is 4.78. The molecule has 0 aliphatic heterocycles. The van der Waals surface area contributed by atoms with Gasteiger partial charge in [0.1, 0.15) is 5.65 Å². The third kappa shape index (κ3) is 2.97. The molecule has 4 rings (SSSR count). The molecular weight excluding hydrogens is 346 g/mol. The van der Waals surface area contributed by atoms with Crippen LogP contribution in [-0.2, 0) is 18.9 Å². The first-order valence-electron chi connectivity index (χ1n) is 9.49. The van der Waals surface area contributed by atoms with Crippen LogP contribution in [-0.4, -0.2) is 26.1 Å². The molecular formula is C19H25N5O3. The van der Waals surface area contributed by atoms with Gasteiger partial charge in [0.05, 0.1) is 17.3 Å². The number of anilines is 1. The molecule has 2 atom stereocenters. The zero-order chi connectivity index (χ0) is 19.3. The van der Waals surface area contributed by atoms with Crippen molar-refractivity contribution in [3.8, 4) is 0 Å². The minimum absolute atomic E-state index is 0.0402. The molecule has 2 aliphatic rings. The van der Waals surface area contributed by atoms with E-state index in [2.05, 4.69) is 10.3 Å². The van der Waals surface area contributed by atoms with Gasteiger partial charge in [0.25, 0.3) is 5.56 Å². The van der Waals surface area contributed by atoms with E-state index in [1.54, 1.807) is 13.1 Å². The molecule has 2 bridgehead atoms. The fraction of sp³-hybridized carbons (Fsp3) is 0.579. The number of nitrogens with one attached hydrogen (secondary N) is 1. The molecule has 1 amide bonds. The Hall–Kier alpha value is -2.48. The van der Waals surface area contributed by atoms with Crippen molar-refractivity contribution in [1.82, 2.24) is 14.1 Å². The second-order valence-electron chi connectivity index (χ2n) is 7.99. The molecule has 8 heteroatoms. The highest BCUT2D eigenvalue weighted by atomic mass is 16.2. The summed E-state index contributed by atoms with van der Waals surface area (Å²) in [6.45, 7) is 0. The van der Waals surface area contributed by atoms with Crippen molar-refractivity contribution in [1.29, 1.82) is 0 Å². The molecule has 2 fully saturated rings. The third-order valence-corrected chi connectivity index (χ3v) is 6.34. The number of aryl methyl sites for hydroxylation is 1. The Labute approximate surface area is 156 Å². The van der Waals surface area contributed by atoms with Gasteiger partial charge in [-0.05, 0) is 43.6 Å². The zero-order valence-corrected chi connectivity index (χ0v) is 15.6. The number of amides is 1. The van der Waals surface area contributed by atoms with Crippen LogP contribution in [0.3, 0.4) is 0 Å². The molecule has 2 aromatic rings. The summed E-state index contributed by atoms with van der Waals surface area (Å²) in [7, 11) is 3.00. The average Bonchev–Trinajstić information content (AvgIpc) is 2.64. The van der Waals surface area contributed by atoms with Gasteiger partial charge in [0.2, 0.25) is 5.91 Å². The van der Waals surface area contributed by atoms with Crippen LogP contribution in [0.2, 0.25) is 0 Å². The van der Waals surface area contributed by atoms with Crippen LogP contribution >= 0.6 is 0 Å². The number of aromatic nitrogens is 3. The lowest BCUT2D eigenvalue weighted by Gasteiger charge is -2.43. The van der Waals surface area contributed by atoms with Crippen LogP contribution in [0.5, 0.6) is 0 Å². The Kier molecular flexibility index (Phi) is 4.38. The van der Waals surface area contributed by atoms with E-state index in [9.17, 15) is 14.4 Å². The molecule has 2 aromatic heterocycles. The van der Waals surface area contributed by atoms with Crippen LogP contribution < -0.4 is 22.3 Å². The Morgan fingerprint density at radius 1 is 1.19 bits per heavy atom. The van der Waals surface area contributed by atoms with E-state index < -0.39 is 11.2 Å². The smallest absolute Gasteiger partial charge is 0.327 e. The van der Waals surface area contributed by atoms with Crippen LogP contribution in [0.1, 0.15) is 32.1 Å². The van der Waals surface area contributed by atoms with Gasteiger partial charge in [-0.15, -0.1) is 0 Å². The maximum atomic E-state index is 12.8. The summed E-state index contributed by atoms with van der Waals surface area (Å²) >= 11 is 0. The quantitative estimate of drug-likeness (QED) is 0.808. The lowest BCUT2D eigenvalue weighted by Crippen LogP contribution is -2.48. The summed E-state index contributed by atoms with van der Waals surface area (Å²) in [4.78, 5) is 41.4. The predicted molar refractivity (Wildman–Crippen MR) is 102 cm³/mol. The van der Waals surface area contributed by atoms with Crippen LogP contribution in [0.4, 0.5) is 5.69 Å². The molecule has 2 heterocycles. The minimum atomic E-state index is -0.429. The Morgan fingerprint density at radius 2 is 1.85 bits per heavy atom. The molecule has 8 nitrogen and oxygen atoms in total. The van der Waals surface area contributed by atoms with Crippen molar-refractivity contribution < 1.29 is 4.79 Å². The second-order valence-corrected chi connectivity index (χ2v) is 7.99. The number of pyridine rings is 1. The van der Waals surface area contributed by atoms with Crippen molar-refractivity contribution in [2.45, 2.75) is 38.1 Å². The summed E-state index contributed by atoms with van der Waals surface area (Å²) in [5.41, 5.74) is 6.24. The summed E-state index contributed by atoms with van der Waals surface area (Å²) in [6.07, 6.45) is 6.54. The van der Waals surface area contributed by atoms with Crippen LogP contribution in [0.15, 0.2) is 21.9 Å². The van der Waals surface area contributed by atoms with Gasteiger partial charge in [-0.2, -0.15) is 0 Å². The molecule has 27 heavy (non-hydrogen) atoms. The number of hydrogen-bond acceptors (Lipinski definition) is 5.